The summed E-state index contributed by atoms with van der Waals surface area (Å²) in [5, 5.41) is 5.13. The number of sulfonamides is 1. The smallest absolute Gasteiger partial charge is 0.251 e. The molecule has 31 heavy (non-hydrogen) atoms. The predicted molar refractivity (Wildman–Crippen MR) is 125 cm³/mol. The molecule has 6 nitrogen and oxygen atoms in total. The van der Waals surface area contributed by atoms with E-state index in [1.54, 1.807) is 27.8 Å². The third kappa shape index (κ3) is 4.81. The molecule has 1 N–H and O–H groups in total. The van der Waals surface area contributed by atoms with Crippen molar-refractivity contribution in [2.24, 2.45) is 0 Å². The van der Waals surface area contributed by atoms with E-state index in [4.69, 9.17) is 0 Å². The summed E-state index contributed by atoms with van der Waals surface area (Å²) in [5.41, 5.74) is 1.13. The van der Waals surface area contributed by atoms with E-state index in [1.165, 1.54) is 0 Å². The molecule has 1 aromatic heterocycles. The van der Waals surface area contributed by atoms with E-state index in [0.717, 1.165) is 62.2 Å². The molecule has 1 amide bonds. The second kappa shape index (κ2) is 9.71. The summed E-state index contributed by atoms with van der Waals surface area (Å²) < 4.78 is 28.5. The average Bonchev–Trinajstić information content (AvgIpc) is 3.56. The van der Waals surface area contributed by atoms with Crippen LogP contribution in [0.2, 0.25) is 0 Å². The summed E-state index contributed by atoms with van der Waals surface area (Å²) in [6.45, 7) is 4.90. The van der Waals surface area contributed by atoms with Crippen LogP contribution in [0.5, 0.6) is 0 Å². The summed E-state index contributed by atoms with van der Waals surface area (Å²) in [4.78, 5) is 16.7. The Hall–Kier alpha value is -1.90. The molecular formula is C23H31N3O3S2. The summed E-state index contributed by atoms with van der Waals surface area (Å²) >= 11 is 1.63. The zero-order valence-corrected chi connectivity index (χ0v) is 19.7. The highest BCUT2D eigenvalue weighted by Crippen LogP contribution is 2.33. The van der Waals surface area contributed by atoms with Gasteiger partial charge in [0.2, 0.25) is 10.0 Å². The van der Waals surface area contributed by atoms with Crippen LogP contribution >= 0.6 is 11.3 Å². The third-order valence-electron chi connectivity index (χ3n) is 6.12. The topological polar surface area (TPSA) is 69.7 Å². The van der Waals surface area contributed by atoms with Gasteiger partial charge in [-0.3, -0.25) is 4.79 Å². The van der Waals surface area contributed by atoms with Crippen LogP contribution < -0.4 is 10.2 Å². The Morgan fingerprint density at radius 3 is 2.45 bits per heavy atom. The normalized spacial score (nSPS) is 18.4. The van der Waals surface area contributed by atoms with Crippen LogP contribution in [-0.2, 0) is 10.0 Å². The van der Waals surface area contributed by atoms with Gasteiger partial charge in [0.25, 0.3) is 5.91 Å². The van der Waals surface area contributed by atoms with Gasteiger partial charge in [-0.15, -0.1) is 11.3 Å². The first-order valence-electron chi connectivity index (χ1n) is 11.2. The zero-order chi connectivity index (χ0) is 21.8. The number of carbonyl (C=O) groups excluding carboxylic acids is 1. The van der Waals surface area contributed by atoms with Crippen molar-refractivity contribution < 1.29 is 13.2 Å². The van der Waals surface area contributed by atoms with Crippen LogP contribution in [0.25, 0.3) is 0 Å². The minimum absolute atomic E-state index is 0.0607. The van der Waals surface area contributed by atoms with Gasteiger partial charge in [0, 0.05) is 36.6 Å². The van der Waals surface area contributed by atoms with Crippen molar-refractivity contribution in [2.75, 3.05) is 31.1 Å². The monoisotopic (exact) mass is 461 g/mol. The number of nitrogens with one attached hydrogen (secondary N) is 1. The highest BCUT2D eigenvalue weighted by molar-refractivity contribution is 7.89. The quantitative estimate of drug-likeness (QED) is 0.632. The Morgan fingerprint density at radius 2 is 1.81 bits per heavy atom. The molecule has 3 heterocycles. The van der Waals surface area contributed by atoms with E-state index in [-0.39, 0.29) is 16.8 Å². The molecule has 2 aromatic rings. The van der Waals surface area contributed by atoms with Crippen molar-refractivity contribution >= 4 is 33.0 Å². The number of benzene rings is 1. The van der Waals surface area contributed by atoms with Gasteiger partial charge >= 0.3 is 0 Å². The fourth-order valence-electron chi connectivity index (χ4n) is 4.45. The highest BCUT2D eigenvalue weighted by atomic mass is 32.2. The Balaban J connectivity index is 1.66. The standard InChI is InChI=1S/C23H31N3O3S2/c1-2-8-19(21-9-7-16-30-21)24-23(27)18-10-11-20(25-12-3-4-13-25)22(17-18)31(28,29)26-14-5-6-15-26/h7,9-11,16-17,19H,2-6,8,12-15H2,1H3,(H,24,27)/t19-/m0/s1. The SMILES string of the molecule is CCC[C@H](NC(=O)c1ccc(N2CCCC2)c(S(=O)(=O)N2CCCC2)c1)c1cccs1. The van der Waals surface area contributed by atoms with Crippen LogP contribution in [0.15, 0.2) is 40.6 Å². The van der Waals surface area contributed by atoms with Gasteiger partial charge in [-0.2, -0.15) is 4.31 Å². The van der Waals surface area contributed by atoms with Gasteiger partial charge in [-0.1, -0.05) is 19.4 Å². The van der Waals surface area contributed by atoms with Gasteiger partial charge in [0.15, 0.2) is 0 Å². The largest absolute Gasteiger partial charge is 0.370 e. The number of amides is 1. The molecular weight excluding hydrogens is 430 g/mol. The van der Waals surface area contributed by atoms with E-state index in [0.29, 0.717) is 18.7 Å². The van der Waals surface area contributed by atoms with Crippen LogP contribution in [0, 0.1) is 0 Å². The molecule has 0 unspecified atom stereocenters. The predicted octanol–water partition coefficient (Wildman–Crippen LogP) is 4.40. The molecule has 4 rings (SSSR count). The minimum Gasteiger partial charge on any atom is -0.370 e. The Morgan fingerprint density at radius 1 is 1.10 bits per heavy atom. The number of thiophene rings is 1. The molecule has 0 bridgehead atoms. The zero-order valence-electron chi connectivity index (χ0n) is 18.0. The molecule has 0 aliphatic carbocycles. The summed E-state index contributed by atoms with van der Waals surface area (Å²) in [6, 6.07) is 9.14. The third-order valence-corrected chi connectivity index (χ3v) is 9.03. The van der Waals surface area contributed by atoms with Crippen LogP contribution in [0.4, 0.5) is 5.69 Å². The first-order valence-corrected chi connectivity index (χ1v) is 13.6. The summed E-state index contributed by atoms with van der Waals surface area (Å²) in [6.07, 6.45) is 5.69. The van der Waals surface area contributed by atoms with Crippen molar-refractivity contribution in [1.82, 2.24) is 9.62 Å². The minimum atomic E-state index is -3.63. The van der Waals surface area contributed by atoms with Crippen LogP contribution in [0.3, 0.4) is 0 Å². The van der Waals surface area contributed by atoms with E-state index in [1.807, 2.05) is 23.6 Å². The molecule has 0 spiro atoms. The van der Waals surface area contributed by atoms with Crippen molar-refractivity contribution in [2.45, 2.75) is 56.4 Å². The molecule has 0 saturated carbocycles. The highest BCUT2D eigenvalue weighted by Gasteiger charge is 2.32. The second-order valence-electron chi connectivity index (χ2n) is 8.32. The van der Waals surface area contributed by atoms with Crippen LogP contribution in [-0.4, -0.2) is 44.8 Å². The lowest BCUT2D eigenvalue weighted by atomic mass is 10.1. The lowest BCUT2D eigenvalue weighted by molar-refractivity contribution is 0.0935. The first-order chi connectivity index (χ1) is 15.0. The van der Waals surface area contributed by atoms with Crippen LogP contribution in [0.1, 0.15) is 66.7 Å². The molecule has 0 radical (unpaired) electrons. The maximum atomic E-state index is 13.5. The molecule has 8 heteroatoms. The van der Waals surface area contributed by atoms with E-state index in [9.17, 15) is 13.2 Å². The Labute approximate surface area is 189 Å². The number of hydrogen-bond acceptors (Lipinski definition) is 5. The Bertz CT molecular complexity index is 993. The van der Waals surface area contributed by atoms with Gasteiger partial charge < -0.3 is 10.2 Å². The fourth-order valence-corrected chi connectivity index (χ4v) is 7.02. The van der Waals surface area contributed by atoms with Crippen molar-refractivity contribution in [3.05, 3.63) is 46.2 Å². The van der Waals surface area contributed by atoms with Crippen molar-refractivity contribution in [3.63, 3.8) is 0 Å². The molecule has 2 fully saturated rings. The average molecular weight is 462 g/mol. The maximum Gasteiger partial charge on any atom is 0.251 e. The lowest BCUT2D eigenvalue weighted by Crippen LogP contribution is -2.31. The molecule has 2 aliphatic heterocycles. The number of hydrogen-bond donors (Lipinski definition) is 1. The van der Waals surface area contributed by atoms with Crippen molar-refractivity contribution in [3.8, 4) is 0 Å². The summed E-state index contributed by atoms with van der Waals surface area (Å²) in [5.74, 6) is -0.224. The fraction of sp³-hybridized carbons (Fsp3) is 0.522. The second-order valence-corrected chi connectivity index (χ2v) is 11.2. The van der Waals surface area contributed by atoms with E-state index < -0.39 is 10.0 Å². The molecule has 168 valence electrons. The summed E-state index contributed by atoms with van der Waals surface area (Å²) in [7, 11) is -3.63. The molecule has 1 atom stereocenters. The van der Waals surface area contributed by atoms with Crippen molar-refractivity contribution in [1.29, 1.82) is 0 Å². The first kappa shape index (κ1) is 22.3. The van der Waals surface area contributed by atoms with Gasteiger partial charge in [0.1, 0.15) is 4.90 Å². The maximum absolute atomic E-state index is 13.5. The number of carbonyl (C=O) groups is 1. The number of anilines is 1. The Kier molecular flexibility index (Phi) is 6.99. The molecule has 2 saturated heterocycles. The van der Waals surface area contributed by atoms with Gasteiger partial charge in [-0.05, 0) is 61.7 Å². The number of nitrogens with zero attached hydrogens (tertiary/aromatic N) is 2. The van der Waals surface area contributed by atoms with E-state index in [2.05, 4.69) is 17.1 Å². The van der Waals surface area contributed by atoms with E-state index >= 15 is 0 Å². The van der Waals surface area contributed by atoms with Gasteiger partial charge in [0.05, 0.1) is 11.7 Å². The lowest BCUT2D eigenvalue weighted by Gasteiger charge is -2.25. The molecule has 1 aromatic carbocycles. The number of rotatable bonds is 8. The van der Waals surface area contributed by atoms with Gasteiger partial charge in [-0.25, -0.2) is 8.42 Å². The molecule has 2 aliphatic rings.